The van der Waals surface area contributed by atoms with Crippen LogP contribution < -0.4 is 25.0 Å². The van der Waals surface area contributed by atoms with Crippen molar-refractivity contribution in [3.05, 3.63) is 42.2 Å². The van der Waals surface area contributed by atoms with Crippen molar-refractivity contribution >= 4 is 28.4 Å². The van der Waals surface area contributed by atoms with Crippen molar-refractivity contribution in [1.29, 1.82) is 0 Å². The first-order valence-electron chi connectivity index (χ1n) is 11.1. The van der Waals surface area contributed by atoms with E-state index in [0.29, 0.717) is 24.0 Å². The average molecular weight is 450 g/mol. The van der Waals surface area contributed by atoms with Gasteiger partial charge in [-0.25, -0.2) is 9.97 Å². The molecule has 10 nitrogen and oxygen atoms in total. The Balaban J connectivity index is 1.11. The molecule has 0 aliphatic carbocycles. The molecule has 172 valence electrons. The monoisotopic (exact) mass is 449 g/mol. The van der Waals surface area contributed by atoms with Crippen molar-refractivity contribution in [2.24, 2.45) is 0 Å². The molecule has 3 aromatic rings. The van der Waals surface area contributed by atoms with Crippen molar-refractivity contribution in [3.63, 3.8) is 0 Å². The third kappa shape index (κ3) is 4.81. The minimum atomic E-state index is -0.172. The summed E-state index contributed by atoms with van der Waals surface area (Å²) in [5, 5.41) is 6.19. The van der Waals surface area contributed by atoms with E-state index in [1.807, 2.05) is 36.5 Å². The third-order valence-electron chi connectivity index (χ3n) is 5.90. The first-order valence-corrected chi connectivity index (χ1v) is 11.1. The van der Waals surface area contributed by atoms with Gasteiger partial charge in [-0.15, -0.1) is 0 Å². The second-order valence-electron chi connectivity index (χ2n) is 8.04. The van der Waals surface area contributed by atoms with Gasteiger partial charge in [-0.1, -0.05) is 0 Å². The lowest BCUT2D eigenvalue weighted by atomic mass is 10.2. The van der Waals surface area contributed by atoms with E-state index in [-0.39, 0.29) is 12.5 Å². The standard InChI is InChI=1S/C23H27N7O3/c1-32-21-5-3-17-22(28-21)18(6-7-25-17)30-12-10-29(11-13-30)9-8-24-14-16-2-4-19-23(26-16)27-20(31)15-33-19/h2-7,24H,8-15H2,1H3,(H,26,27,31). The molecule has 3 aromatic heterocycles. The number of hydrogen-bond acceptors (Lipinski definition) is 9. The lowest BCUT2D eigenvalue weighted by molar-refractivity contribution is -0.118. The molecule has 33 heavy (non-hydrogen) atoms. The highest BCUT2D eigenvalue weighted by Gasteiger charge is 2.20. The molecule has 0 saturated carbocycles. The van der Waals surface area contributed by atoms with Crippen LogP contribution in [0.1, 0.15) is 5.69 Å². The molecule has 5 heterocycles. The Kier molecular flexibility index (Phi) is 6.18. The zero-order chi connectivity index (χ0) is 22.6. The largest absolute Gasteiger partial charge is 0.481 e. The number of aromatic nitrogens is 3. The quantitative estimate of drug-likeness (QED) is 0.516. The molecule has 0 atom stereocenters. The predicted molar refractivity (Wildman–Crippen MR) is 125 cm³/mol. The van der Waals surface area contributed by atoms with Crippen LogP contribution in [0, 0.1) is 0 Å². The number of fused-ring (bicyclic) bond motifs is 2. The topological polar surface area (TPSA) is 105 Å². The Hall–Kier alpha value is -3.50. The summed E-state index contributed by atoms with van der Waals surface area (Å²) in [5.74, 6) is 1.54. The molecule has 0 unspecified atom stereocenters. The second kappa shape index (κ2) is 9.55. The van der Waals surface area contributed by atoms with E-state index in [1.165, 1.54) is 0 Å². The number of amides is 1. The first-order chi connectivity index (χ1) is 16.2. The molecule has 10 heteroatoms. The Morgan fingerprint density at radius 1 is 1.12 bits per heavy atom. The van der Waals surface area contributed by atoms with Gasteiger partial charge in [0.15, 0.2) is 18.2 Å². The zero-order valence-corrected chi connectivity index (χ0v) is 18.6. The molecule has 1 saturated heterocycles. The Morgan fingerprint density at radius 3 is 2.85 bits per heavy atom. The summed E-state index contributed by atoms with van der Waals surface area (Å²) < 4.78 is 10.7. The van der Waals surface area contributed by atoms with Gasteiger partial charge in [0.2, 0.25) is 5.88 Å². The van der Waals surface area contributed by atoms with Crippen LogP contribution in [0.15, 0.2) is 36.5 Å². The predicted octanol–water partition coefficient (Wildman–Crippen LogP) is 1.28. The van der Waals surface area contributed by atoms with Crippen molar-refractivity contribution < 1.29 is 14.3 Å². The minimum absolute atomic E-state index is 0.0433. The van der Waals surface area contributed by atoms with Gasteiger partial charge in [0.1, 0.15) is 5.52 Å². The number of piperazine rings is 1. The van der Waals surface area contributed by atoms with Gasteiger partial charge in [0, 0.05) is 58.1 Å². The molecule has 0 aromatic carbocycles. The number of carbonyl (C=O) groups excluding carboxylic acids is 1. The summed E-state index contributed by atoms with van der Waals surface area (Å²) in [4.78, 5) is 29.8. The molecular weight excluding hydrogens is 422 g/mol. The molecule has 0 radical (unpaired) electrons. The van der Waals surface area contributed by atoms with E-state index in [4.69, 9.17) is 9.47 Å². The van der Waals surface area contributed by atoms with Crippen molar-refractivity contribution in [3.8, 4) is 11.6 Å². The van der Waals surface area contributed by atoms with Gasteiger partial charge in [-0.3, -0.25) is 14.7 Å². The van der Waals surface area contributed by atoms with E-state index < -0.39 is 0 Å². The van der Waals surface area contributed by atoms with Crippen LogP contribution in [0.2, 0.25) is 0 Å². The number of anilines is 2. The van der Waals surface area contributed by atoms with Crippen LogP contribution in [0.3, 0.4) is 0 Å². The highest BCUT2D eigenvalue weighted by molar-refractivity contribution is 5.94. The van der Waals surface area contributed by atoms with E-state index >= 15 is 0 Å². The number of methoxy groups -OCH3 is 1. The van der Waals surface area contributed by atoms with Gasteiger partial charge in [0.05, 0.1) is 24.0 Å². The van der Waals surface area contributed by atoms with Gasteiger partial charge in [-0.05, 0) is 24.3 Å². The molecule has 0 bridgehead atoms. The lowest BCUT2D eigenvalue weighted by Crippen LogP contribution is -2.48. The van der Waals surface area contributed by atoms with E-state index in [1.54, 1.807) is 7.11 Å². The smallest absolute Gasteiger partial charge is 0.263 e. The van der Waals surface area contributed by atoms with Gasteiger partial charge in [0.25, 0.3) is 5.91 Å². The van der Waals surface area contributed by atoms with Crippen LogP contribution in [0.4, 0.5) is 11.5 Å². The number of nitrogens with zero attached hydrogens (tertiary/aromatic N) is 5. The summed E-state index contributed by atoms with van der Waals surface area (Å²) in [5.41, 5.74) is 3.73. The molecule has 2 aliphatic heterocycles. The van der Waals surface area contributed by atoms with Crippen molar-refractivity contribution in [2.45, 2.75) is 6.54 Å². The number of ether oxygens (including phenoxy) is 2. The number of nitrogens with one attached hydrogen (secondary N) is 2. The van der Waals surface area contributed by atoms with Crippen LogP contribution in [0.25, 0.3) is 11.0 Å². The second-order valence-corrected chi connectivity index (χ2v) is 8.04. The lowest BCUT2D eigenvalue weighted by Gasteiger charge is -2.36. The molecule has 1 amide bonds. The average Bonchev–Trinajstić information content (AvgIpc) is 2.86. The van der Waals surface area contributed by atoms with E-state index in [2.05, 4.69) is 35.4 Å². The molecule has 2 N–H and O–H groups in total. The van der Waals surface area contributed by atoms with E-state index in [0.717, 1.165) is 61.7 Å². The molecule has 1 fully saturated rings. The van der Waals surface area contributed by atoms with Crippen LogP contribution >= 0.6 is 0 Å². The van der Waals surface area contributed by atoms with Gasteiger partial charge >= 0.3 is 0 Å². The maximum atomic E-state index is 11.5. The Labute approximate surface area is 191 Å². The number of pyridine rings is 3. The fraction of sp³-hybridized carbons (Fsp3) is 0.391. The van der Waals surface area contributed by atoms with E-state index in [9.17, 15) is 4.79 Å². The number of rotatable bonds is 7. The fourth-order valence-corrected chi connectivity index (χ4v) is 4.13. The molecule has 2 aliphatic rings. The Bertz CT molecular complexity index is 1150. The molecule has 0 spiro atoms. The maximum absolute atomic E-state index is 11.5. The van der Waals surface area contributed by atoms with Crippen LogP contribution in [0.5, 0.6) is 11.6 Å². The van der Waals surface area contributed by atoms with Crippen molar-refractivity contribution in [1.82, 2.24) is 25.2 Å². The SMILES string of the molecule is COc1ccc2nccc(N3CCN(CCNCc4ccc5c(n4)NC(=O)CO5)CC3)c2n1. The first kappa shape index (κ1) is 21.4. The van der Waals surface area contributed by atoms with Crippen LogP contribution in [-0.2, 0) is 11.3 Å². The fourth-order valence-electron chi connectivity index (χ4n) is 4.13. The summed E-state index contributed by atoms with van der Waals surface area (Å²) in [7, 11) is 1.63. The van der Waals surface area contributed by atoms with Gasteiger partial charge < -0.3 is 25.0 Å². The maximum Gasteiger partial charge on any atom is 0.263 e. The number of hydrogen-bond donors (Lipinski definition) is 2. The molecular formula is C23H27N7O3. The summed E-state index contributed by atoms with van der Waals surface area (Å²) in [6.45, 7) is 6.33. The Morgan fingerprint density at radius 2 is 2.00 bits per heavy atom. The minimum Gasteiger partial charge on any atom is -0.481 e. The van der Waals surface area contributed by atoms with Gasteiger partial charge in [-0.2, -0.15) is 0 Å². The molecule has 5 rings (SSSR count). The zero-order valence-electron chi connectivity index (χ0n) is 18.6. The normalized spacial score (nSPS) is 16.3. The van der Waals surface area contributed by atoms with Crippen LogP contribution in [-0.4, -0.2) is 78.7 Å². The summed E-state index contributed by atoms with van der Waals surface area (Å²) in [6, 6.07) is 9.60. The number of carbonyl (C=O) groups is 1. The summed E-state index contributed by atoms with van der Waals surface area (Å²) >= 11 is 0. The van der Waals surface area contributed by atoms with Crippen molar-refractivity contribution in [2.75, 3.05) is 63.2 Å². The highest BCUT2D eigenvalue weighted by atomic mass is 16.5. The summed E-state index contributed by atoms with van der Waals surface area (Å²) in [6.07, 6.45) is 1.84. The third-order valence-corrected chi connectivity index (χ3v) is 5.90. The highest BCUT2D eigenvalue weighted by Crippen LogP contribution is 2.27.